The maximum atomic E-state index is 13.3. The second kappa shape index (κ2) is 7.67. The number of rotatable bonds is 6. The number of carbonyl (C=O) groups is 1. The zero-order valence-corrected chi connectivity index (χ0v) is 12.8. The molecule has 0 unspecified atom stereocenters. The van der Waals surface area contributed by atoms with Crippen molar-refractivity contribution in [2.24, 2.45) is 0 Å². The molecule has 0 spiro atoms. The number of benzene rings is 1. The van der Waals surface area contributed by atoms with E-state index in [1.54, 1.807) is 17.0 Å². The molecule has 6 heteroatoms. The van der Waals surface area contributed by atoms with Crippen molar-refractivity contribution in [2.45, 2.75) is 18.9 Å². The zero-order valence-electron chi connectivity index (χ0n) is 12.8. The van der Waals surface area contributed by atoms with E-state index in [9.17, 15) is 14.3 Å². The van der Waals surface area contributed by atoms with Gasteiger partial charge >= 0.3 is 0 Å². The van der Waals surface area contributed by atoms with Gasteiger partial charge in [-0.1, -0.05) is 12.1 Å². The van der Waals surface area contributed by atoms with Crippen LogP contribution in [-0.4, -0.2) is 61.0 Å². The fraction of sp³-hybridized carbons (Fsp3) is 0.562. The van der Waals surface area contributed by atoms with E-state index >= 15 is 0 Å². The average Bonchev–Trinajstić information content (AvgIpc) is 2.53. The van der Waals surface area contributed by atoms with Crippen molar-refractivity contribution < 1.29 is 23.8 Å². The molecule has 0 saturated carbocycles. The monoisotopic (exact) mass is 311 g/mol. The summed E-state index contributed by atoms with van der Waals surface area (Å²) in [4.78, 5) is 13.7. The summed E-state index contributed by atoms with van der Waals surface area (Å²) in [6, 6.07) is 6.19. The van der Waals surface area contributed by atoms with Crippen molar-refractivity contribution in [3.63, 3.8) is 0 Å². The maximum absolute atomic E-state index is 13.3. The summed E-state index contributed by atoms with van der Waals surface area (Å²) in [7, 11) is 0. The lowest BCUT2D eigenvalue weighted by Crippen LogP contribution is -2.57. The number of morpholine rings is 1. The van der Waals surface area contributed by atoms with Gasteiger partial charge in [0.15, 0.2) is 0 Å². The summed E-state index contributed by atoms with van der Waals surface area (Å²) < 4.78 is 24.2. The molecule has 1 N–H and O–H groups in total. The molecule has 1 saturated heterocycles. The first-order chi connectivity index (χ1) is 10.6. The van der Waals surface area contributed by atoms with Crippen LogP contribution < -0.4 is 0 Å². The number of aliphatic hydroxyl groups excluding tert-OH is 1. The third-order valence-corrected chi connectivity index (χ3v) is 3.73. The van der Waals surface area contributed by atoms with Crippen LogP contribution in [0.2, 0.25) is 0 Å². The molecule has 1 heterocycles. The molecule has 2 rings (SSSR count). The van der Waals surface area contributed by atoms with Gasteiger partial charge in [-0.25, -0.2) is 4.39 Å². The van der Waals surface area contributed by atoms with Gasteiger partial charge in [-0.3, -0.25) is 4.79 Å². The van der Waals surface area contributed by atoms with Crippen molar-refractivity contribution >= 4 is 5.91 Å². The lowest BCUT2D eigenvalue weighted by atomic mass is 9.93. The molecule has 0 radical (unpaired) electrons. The Balaban J connectivity index is 2.06. The van der Waals surface area contributed by atoms with E-state index in [0.29, 0.717) is 26.2 Å². The fourth-order valence-corrected chi connectivity index (χ4v) is 2.62. The van der Waals surface area contributed by atoms with Gasteiger partial charge in [0.05, 0.1) is 19.8 Å². The maximum Gasteiger partial charge on any atom is 0.248 e. The Kier molecular flexibility index (Phi) is 5.88. The normalized spacial score (nSPS) is 21.9. The minimum absolute atomic E-state index is 0.0258. The number of hydrogen-bond acceptors (Lipinski definition) is 4. The average molecular weight is 311 g/mol. The van der Waals surface area contributed by atoms with E-state index in [0.717, 1.165) is 5.56 Å². The van der Waals surface area contributed by atoms with Gasteiger partial charge in [-0.15, -0.1) is 0 Å². The Morgan fingerprint density at radius 1 is 1.55 bits per heavy atom. The summed E-state index contributed by atoms with van der Waals surface area (Å²) in [5.41, 5.74) is -0.165. The van der Waals surface area contributed by atoms with Crippen molar-refractivity contribution in [3.8, 4) is 0 Å². The molecule has 122 valence electrons. The molecule has 1 atom stereocenters. The quantitative estimate of drug-likeness (QED) is 0.851. The summed E-state index contributed by atoms with van der Waals surface area (Å²) >= 11 is 0. The van der Waals surface area contributed by atoms with Crippen LogP contribution in [0.15, 0.2) is 24.3 Å². The van der Waals surface area contributed by atoms with E-state index in [4.69, 9.17) is 9.47 Å². The van der Waals surface area contributed by atoms with E-state index in [1.165, 1.54) is 12.1 Å². The van der Waals surface area contributed by atoms with E-state index < -0.39 is 5.60 Å². The largest absolute Gasteiger partial charge is 0.393 e. The van der Waals surface area contributed by atoms with Crippen LogP contribution in [0.1, 0.15) is 12.5 Å². The van der Waals surface area contributed by atoms with E-state index in [2.05, 4.69) is 0 Å². The van der Waals surface area contributed by atoms with Gasteiger partial charge in [-0.2, -0.15) is 0 Å². The SMILES string of the molecule is CCOCC(=O)N1CCO[C@](CO)(Cc2cccc(F)c2)C1. The van der Waals surface area contributed by atoms with E-state index in [-0.39, 0.29) is 31.5 Å². The number of hydrogen-bond donors (Lipinski definition) is 1. The number of nitrogens with zero attached hydrogens (tertiary/aromatic N) is 1. The Hall–Kier alpha value is -1.50. The molecule has 22 heavy (non-hydrogen) atoms. The van der Waals surface area contributed by atoms with Gasteiger partial charge < -0.3 is 19.5 Å². The first-order valence-corrected chi connectivity index (χ1v) is 7.43. The highest BCUT2D eigenvalue weighted by molar-refractivity contribution is 5.77. The number of amides is 1. The minimum Gasteiger partial charge on any atom is -0.393 e. The van der Waals surface area contributed by atoms with Crippen LogP contribution >= 0.6 is 0 Å². The Labute approximate surface area is 129 Å². The van der Waals surface area contributed by atoms with Crippen LogP contribution in [-0.2, 0) is 20.7 Å². The summed E-state index contributed by atoms with van der Waals surface area (Å²) in [5, 5.41) is 9.76. The van der Waals surface area contributed by atoms with Gasteiger partial charge in [0.25, 0.3) is 0 Å². The standard InChI is InChI=1S/C16H22FNO4/c1-2-21-10-15(20)18-6-7-22-16(11-18,12-19)9-13-4-3-5-14(17)8-13/h3-5,8,19H,2,6-7,9-12H2,1H3/t16-/m1/s1. The Morgan fingerprint density at radius 2 is 2.36 bits per heavy atom. The fourth-order valence-electron chi connectivity index (χ4n) is 2.62. The number of aliphatic hydroxyl groups is 1. The van der Waals surface area contributed by atoms with Crippen LogP contribution in [0.4, 0.5) is 4.39 Å². The molecule has 1 fully saturated rings. The third-order valence-electron chi connectivity index (χ3n) is 3.73. The zero-order chi connectivity index (χ0) is 16.0. The first-order valence-electron chi connectivity index (χ1n) is 7.43. The molecular weight excluding hydrogens is 289 g/mol. The van der Waals surface area contributed by atoms with Crippen molar-refractivity contribution in [2.75, 3.05) is 39.5 Å². The minimum atomic E-state index is -0.895. The molecule has 1 aliphatic heterocycles. The van der Waals surface area contributed by atoms with E-state index in [1.807, 2.05) is 6.92 Å². The van der Waals surface area contributed by atoms with Gasteiger partial charge in [-0.05, 0) is 24.6 Å². The summed E-state index contributed by atoms with van der Waals surface area (Å²) in [6.07, 6.45) is 0.347. The highest BCUT2D eigenvalue weighted by atomic mass is 19.1. The predicted octanol–water partition coefficient (Wildman–Crippen LogP) is 0.995. The second-order valence-corrected chi connectivity index (χ2v) is 5.45. The number of ether oxygens (including phenoxy) is 2. The van der Waals surface area contributed by atoms with Gasteiger partial charge in [0.1, 0.15) is 18.0 Å². The summed E-state index contributed by atoms with van der Waals surface area (Å²) in [6.45, 7) is 3.18. The first kappa shape index (κ1) is 16.9. The number of halogens is 1. The van der Waals surface area contributed by atoms with Crippen LogP contribution in [0.3, 0.4) is 0 Å². The van der Waals surface area contributed by atoms with Gasteiger partial charge in [0.2, 0.25) is 5.91 Å². The molecule has 0 aliphatic carbocycles. The summed E-state index contributed by atoms with van der Waals surface area (Å²) in [5.74, 6) is -0.451. The molecule has 0 aromatic heterocycles. The lowest BCUT2D eigenvalue weighted by molar-refractivity contribution is -0.161. The molecule has 1 aliphatic rings. The predicted molar refractivity (Wildman–Crippen MR) is 78.9 cm³/mol. The molecular formula is C16H22FNO4. The molecule has 1 amide bonds. The lowest BCUT2D eigenvalue weighted by Gasteiger charge is -2.41. The Morgan fingerprint density at radius 3 is 3.05 bits per heavy atom. The van der Waals surface area contributed by atoms with Crippen LogP contribution in [0.25, 0.3) is 0 Å². The highest BCUT2D eigenvalue weighted by Crippen LogP contribution is 2.23. The molecule has 0 bridgehead atoms. The Bertz CT molecular complexity index is 511. The smallest absolute Gasteiger partial charge is 0.248 e. The van der Waals surface area contributed by atoms with Gasteiger partial charge in [0, 0.05) is 19.6 Å². The van der Waals surface area contributed by atoms with Crippen LogP contribution in [0.5, 0.6) is 0 Å². The highest BCUT2D eigenvalue weighted by Gasteiger charge is 2.38. The topological polar surface area (TPSA) is 59.0 Å². The molecule has 5 nitrogen and oxygen atoms in total. The van der Waals surface area contributed by atoms with Crippen molar-refractivity contribution in [1.29, 1.82) is 0 Å². The van der Waals surface area contributed by atoms with Crippen LogP contribution in [0, 0.1) is 5.82 Å². The third kappa shape index (κ3) is 4.25. The molecule has 1 aromatic carbocycles. The second-order valence-electron chi connectivity index (χ2n) is 5.45. The number of carbonyl (C=O) groups excluding carboxylic acids is 1. The van der Waals surface area contributed by atoms with Crippen molar-refractivity contribution in [3.05, 3.63) is 35.6 Å². The molecule has 1 aromatic rings. The van der Waals surface area contributed by atoms with Crippen molar-refractivity contribution in [1.82, 2.24) is 4.90 Å².